The molecule has 2 aromatic carbocycles. The van der Waals surface area contributed by atoms with Crippen molar-refractivity contribution in [1.29, 1.82) is 5.41 Å². The minimum Gasteiger partial charge on any atom is -0.456 e. The van der Waals surface area contributed by atoms with Gasteiger partial charge >= 0.3 is 0 Å². The van der Waals surface area contributed by atoms with Crippen LogP contribution in [0.15, 0.2) is 42.5 Å². The van der Waals surface area contributed by atoms with E-state index in [1.165, 1.54) is 0 Å². The van der Waals surface area contributed by atoms with Crippen LogP contribution in [0.4, 0.5) is 0 Å². The first-order chi connectivity index (χ1) is 8.58. The number of nitrogens with one attached hydrogen (secondary N) is 1. The van der Waals surface area contributed by atoms with Gasteiger partial charge in [0.2, 0.25) is 0 Å². The van der Waals surface area contributed by atoms with E-state index in [4.69, 9.17) is 27.5 Å². The quantitative estimate of drug-likeness (QED) is 0.653. The minimum absolute atomic E-state index is 0.0461. The first-order valence-electron chi connectivity index (χ1n) is 5.45. The fourth-order valence-corrected chi connectivity index (χ4v) is 1.75. The van der Waals surface area contributed by atoms with Gasteiger partial charge in [-0.05, 0) is 30.7 Å². The minimum atomic E-state index is -0.0461. The smallest absolute Gasteiger partial charge is 0.139 e. The lowest BCUT2D eigenvalue weighted by atomic mass is 10.1. The average molecular weight is 261 g/mol. The third-order valence-electron chi connectivity index (χ3n) is 2.55. The monoisotopic (exact) mass is 260 g/mol. The molecule has 0 bridgehead atoms. The summed E-state index contributed by atoms with van der Waals surface area (Å²) in [7, 11) is 0. The Bertz CT molecular complexity index is 596. The van der Waals surface area contributed by atoms with Gasteiger partial charge < -0.3 is 10.5 Å². The van der Waals surface area contributed by atoms with Crippen LogP contribution in [0, 0.1) is 12.3 Å². The maximum absolute atomic E-state index is 7.52. The number of nitrogen functional groups attached to an aromatic ring is 1. The number of halogens is 1. The molecule has 0 amide bonds. The van der Waals surface area contributed by atoms with Crippen molar-refractivity contribution >= 4 is 17.4 Å². The summed E-state index contributed by atoms with van der Waals surface area (Å²) in [6.07, 6.45) is 0. The molecular weight excluding hydrogens is 248 g/mol. The van der Waals surface area contributed by atoms with Crippen molar-refractivity contribution in [2.45, 2.75) is 6.92 Å². The number of rotatable bonds is 3. The summed E-state index contributed by atoms with van der Waals surface area (Å²) in [4.78, 5) is 0. The lowest BCUT2D eigenvalue weighted by Gasteiger charge is -2.12. The number of benzene rings is 2. The number of aryl methyl sites for hydroxylation is 1. The standard InChI is InChI=1S/C14H13ClN2O/c1-9-4-2-3-5-12(9)18-13-8-10(15)6-7-11(13)14(16)17/h2-8H,1H3,(H3,16,17). The van der Waals surface area contributed by atoms with Gasteiger partial charge in [0.1, 0.15) is 17.3 Å². The van der Waals surface area contributed by atoms with Crippen molar-refractivity contribution in [1.82, 2.24) is 0 Å². The van der Waals surface area contributed by atoms with Gasteiger partial charge in [-0.3, -0.25) is 5.41 Å². The molecule has 0 saturated heterocycles. The van der Waals surface area contributed by atoms with E-state index in [0.29, 0.717) is 16.3 Å². The largest absolute Gasteiger partial charge is 0.456 e. The van der Waals surface area contributed by atoms with Gasteiger partial charge in [0, 0.05) is 11.1 Å². The summed E-state index contributed by atoms with van der Waals surface area (Å²) in [6, 6.07) is 12.7. The van der Waals surface area contributed by atoms with Crippen LogP contribution in [0.5, 0.6) is 11.5 Å². The number of nitrogens with two attached hydrogens (primary N) is 1. The molecule has 0 saturated carbocycles. The zero-order valence-corrected chi connectivity index (χ0v) is 10.7. The van der Waals surface area contributed by atoms with Crippen molar-refractivity contribution in [2.24, 2.45) is 5.73 Å². The molecule has 92 valence electrons. The van der Waals surface area contributed by atoms with Crippen LogP contribution in [0.1, 0.15) is 11.1 Å². The predicted molar refractivity (Wildman–Crippen MR) is 73.7 cm³/mol. The number of ether oxygens (including phenoxy) is 1. The van der Waals surface area contributed by atoms with Gasteiger partial charge in [-0.1, -0.05) is 29.8 Å². The highest BCUT2D eigenvalue weighted by molar-refractivity contribution is 6.30. The molecule has 2 rings (SSSR count). The van der Waals surface area contributed by atoms with E-state index < -0.39 is 0 Å². The Labute approximate surface area is 111 Å². The second kappa shape index (κ2) is 5.10. The Morgan fingerprint density at radius 1 is 1.17 bits per heavy atom. The van der Waals surface area contributed by atoms with E-state index in [9.17, 15) is 0 Å². The summed E-state index contributed by atoms with van der Waals surface area (Å²) in [5.74, 6) is 1.17. The molecule has 0 radical (unpaired) electrons. The summed E-state index contributed by atoms with van der Waals surface area (Å²) >= 11 is 5.94. The Kier molecular flexibility index (Phi) is 3.53. The van der Waals surface area contributed by atoms with Gasteiger partial charge in [-0.15, -0.1) is 0 Å². The van der Waals surface area contributed by atoms with Crippen molar-refractivity contribution in [2.75, 3.05) is 0 Å². The lowest BCUT2D eigenvalue weighted by molar-refractivity contribution is 0.478. The molecule has 0 aliphatic carbocycles. The van der Waals surface area contributed by atoms with Crippen LogP contribution in [0.2, 0.25) is 5.02 Å². The molecule has 18 heavy (non-hydrogen) atoms. The van der Waals surface area contributed by atoms with Crippen LogP contribution in [-0.4, -0.2) is 5.84 Å². The number of hydrogen-bond acceptors (Lipinski definition) is 2. The van der Waals surface area contributed by atoms with Crippen LogP contribution in [0.3, 0.4) is 0 Å². The van der Waals surface area contributed by atoms with E-state index in [1.54, 1.807) is 18.2 Å². The third kappa shape index (κ3) is 2.63. The fraction of sp³-hybridized carbons (Fsp3) is 0.0714. The molecule has 3 N–H and O–H groups in total. The second-order valence-corrected chi connectivity index (χ2v) is 4.36. The van der Waals surface area contributed by atoms with Crippen molar-refractivity contribution in [3.05, 3.63) is 58.6 Å². The molecule has 0 spiro atoms. The van der Waals surface area contributed by atoms with E-state index in [2.05, 4.69) is 0 Å². The van der Waals surface area contributed by atoms with Crippen molar-refractivity contribution in [3.8, 4) is 11.5 Å². The number of para-hydroxylation sites is 1. The molecule has 0 unspecified atom stereocenters. The van der Waals surface area contributed by atoms with Crippen molar-refractivity contribution in [3.63, 3.8) is 0 Å². The Morgan fingerprint density at radius 2 is 1.89 bits per heavy atom. The number of amidine groups is 1. The molecule has 0 aliphatic heterocycles. The van der Waals surface area contributed by atoms with E-state index >= 15 is 0 Å². The topological polar surface area (TPSA) is 59.1 Å². The molecule has 0 aliphatic rings. The SMILES string of the molecule is Cc1ccccc1Oc1cc(Cl)ccc1C(=N)N. The van der Waals surface area contributed by atoms with Gasteiger partial charge in [0.05, 0.1) is 5.56 Å². The first kappa shape index (κ1) is 12.5. The maximum Gasteiger partial charge on any atom is 0.139 e. The maximum atomic E-state index is 7.52. The lowest BCUT2D eigenvalue weighted by Crippen LogP contribution is -2.12. The average Bonchev–Trinajstić information content (AvgIpc) is 2.32. The molecule has 4 heteroatoms. The van der Waals surface area contributed by atoms with E-state index in [-0.39, 0.29) is 5.84 Å². The fourth-order valence-electron chi connectivity index (χ4n) is 1.59. The molecule has 0 aromatic heterocycles. The van der Waals surface area contributed by atoms with E-state index in [0.717, 1.165) is 11.3 Å². The summed E-state index contributed by atoms with van der Waals surface area (Å²) < 4.78 is 5.78. The van der Waals surface area contributed by atoms with Crippen LogP contribution < -0.4 is 10.5 Å². The number of hydrogen-bond donors (Lipinski definition) is 2. The molecular formula is C14H13ClN2O. The molecule has 2 aromatic rings. The Morgan fingerprint density at radius 3 is 2.56 bits per heavy atom. The zero-order valence-electron chi connectivity index (χ0n) is 9.91. The normalized spacial score (nSPS) is 10.1. The molecule has 0 heterocycles. The predicted octanol–water partition coefficient (Wildman–Crippen LogP) is 3.72. The highest BCUT2D eigenvalue weighted by atomic mass is 35.5. The molecule has 3 nitrogen and oxygen atoms in total. The van der Waals surface area contributed by atoms with Gasteiger partial charge in [-0.2, -0.15) is 0 Å². The second-order valence-electron chi connectivity index (χ2n) is 3.92. The highest BCUT2D eigenvalue weighted by Gasteiger charge is 2.09. The Balaban J connectivity index is 2.42. The third-order valence-corrected chi connectivity index (χ3v) is 2.78. The van der Waals surface area contributed by atoms with Gasteiger partial charge in [0.25, 0.3) is 0 Å². The van der Waals surface area contributed by atoms with Crippen LogP contribution >= 0.6 is 11.6 Å². The van der Waals surface area contributed by atoms with Crippen LogP contribution in [-0.2, 0) is 0 Å². The van der Waals surface area contributed by atoms with Crippen molar-refractivity contribution < 1.29 is 4.74 Å². The molecule has 0 fully saturated rings. The summed E-state index contributed by atoms with van der Waals surface area (Å²) in [5, 5.41) is 8.07. The Hall–Kier alpha value is -2.00. The van der Waals surface area contributed by atoms with Gasteiger partial charge in [0.15, 0.2) is 0 Å². The zero-order chi connectivity index (χ0) is 13.1. The van der Waals surface area contributed by atoms with E-state index in [1.807, 2.05) is 31.2 Å². The molecule has 0 atom stereocenters. The van der Waals surface area contributed by atoms with Gasteiger partial charge in [-0.25, -0.2) is 0 Å². The first-order valence-corrected chi connectivity index (χ1v) is 5.83. The highest BCUT2D eigenvalue weighted by Crippen LogP contribution is 2.29. The summed E-state index contributed by atoms with van der Waals surface area (Å²) in [5.41, 5.74) is 7.05. The van der Waals surface area contributed by atoms with Crippen LogP contribution in [0.25, 0.3) is 0 Å². The summed E-state index contributed by atoms with van der Waals surface area (Å²) in [6.45, 7) is 1.95.